The fourth-order valence-electron chi connectivity index (χ4n) is 1.14. The summed E-state index contributed by atoms with van der Waals surface area (Å²) in [5.41, 5.74) is -2.04. The van der Waals surface area contributed by atoms with Gasteiger partial charge in [0.15, 0.2) is 0 Å². The number of hydrogen-bond donors (Lipinski definition) is 2. The quantitative estimate of drug-likeness (QED) is 0.508. The summed E-state index contributed by atoms with van der Waals surface area (Å²) in [7, 11) is 0. The maximum absolute atomic E-state index is 13.3. The van der Waals surface area contributed by atoms with Gasteiger partial charge in [0.1, 0.15) is 0 Å². The second-order valence-electron chi connectivity index (χ2n) is 5.29. The van der Waals surface area contributed by atoms with Gasteiger partial charge >= 0.3 is 29.1 Å². The summed E-state index contributed by atoms with van der Waals surface area (Å²) in [4.78, 5) is 11.1. The lowest BCUT2D eigenvalue weighted by molar-refractivity contribution is -0.382. The second-order valence-corrected chi connectivity index (χ2v) is 5.77. The van der Waals surface area contributed by atoms with Crippen molar-refractivity contribution in [2.24, 2.45) is 0 Å². The molecule has 0 aliphatic heterocycles. The third-order valence-electron chi connectivity index (χ3n) is 2.67. The lowest BCUT2D eigenvalue weighted by Crippen LogP contribution is -2.70. The minimum absolute atomic E-state index is 0.790. The van der Waals surface area contributed by atoms with Gasteiger partial charge < -0.3 is 10.4 Å². The van der Waals surface area contributed by atoms with Crippen molar-refractivity contribution in [3.05, 3.63) is 0 Å². The van der Waals surface area contributed by atoms with Gasteiger partial charge in [-0.2, -0.15) is 43.9 Å². The number of aliphatic hydroxyl groups is 1. The molecule has 0 atom stereocenters. The van der Waals surface area contributed by atoms with E-state index in [1.165, 1.54) is 0 Å². The molecule has 0 bridgehead atoms. The fourth-order valence-corrected chi connectivity index (χ4v) is 1.26. The molecule has 0 aliphatic carbocycles. The van der Waals surface area contributed by atoms with Gasteiger partial charge in [0.2, 0.25) is 0 Å². The first-order valence-corrected chi connectivity index (χ1v) is 6.08. The molecule has 0 radical (unpaired) electrons. The number of hydrogen-bond acceptors (Lipinski definition) is 2. The monoisotopic (exact) mass is 401 g/mol. The minimum atomic E-state index is -7.41. The first-order valence-electron chi connectivity index (χ1n) is 5.70. The molecular weight excluding hydrogens is 392 g/mol. The Morgan fingerprint density at radius 2 is 1.25 bits per heavy atom. The van der Waals surface area contributed by atoms with E-state index in [9.17, 15) is 48.7 Å². The molecule has 0 aromatic carbocycles. The highest BCUT2D eigenvalue weighted by Crippen LogP contribution is 2.57. The van der Waals surface area contributed by atoms with Crippen LogP contribution in [0, 0.1) is 0 Å². The molecule has 2 N–H and O–H groups in total. The Balaban J connectivity index is 5.98. The summed E-state index contributed by atoms with van der Waals surface area (Å²) in [6.45, 7) is 0.449. The lowest BCUT2D eigenvalue weighted by Gasteiger charge is -2.38. The first-order chi connectivity index (χ1) is 10.2. The van der Waals surface area contributed by atoms with Gasteiger partial charge in [0, 0.05) is 0 Å². The van der Waals surface area contributed by atoms with Gasteiger partial charge in [-0.05, 0) is 25.4 Å². The van der Waals surface area contributed by atoms with Crippen LogP contribution in [0.5, 0.6) is 0 Å². The second kappa shape index (κ2) is 6.07. The molecule has 144 valence electrons. The first kappa shape index (κ1) is 23.0. The van der Waals surface area contributed by atoms with Crippen molar-refractivity contribution >= 4 is 17.5 Å². The molecule has 1 amide bonds. The SMILES string of the molecule is CC(C)(CO)NC(=O)C(F)(F)C(F)(F)C(F)(F)C(F)(F)C(F)(F)Cl. The molecule has 0 heterocycles. The highest BCUT2D eigenvalue weighted by Gasteiger charge is 2.87. The number of carbonyl (C=O) groups excluding carboxylic acids is 1. The number of carbonyl (C=O) groups is 1. The van der Waals surface area contributed by atoms with Crippen LogP contribution in [-0.2, 0) is 4.79 Å². The summed E-state index contributed by atoms with van der Waals surface area (Å²) in [5, 5.41) is 3.35. The molecular formula is C10H10ClF10NO2. The number of nitrogens with one attached hydrogen (secondary N) is 1. The predicted molar refractivity (Wildman–Crippen MR) is 59.9 cm³/mol. The largest absolute Gasteiger partial charge is 0.394 e. The average molecular weight is 402 g/mol. The van der Waals surface area contributed by atoms with Gasteiger partial charge in [-0.1, -0.05) is 0 Å². The van der Waals surface area contributed by atoms with E-state index in [2.05, 4.69) is 11.6 Å². The van der Waals surface area contributed by atoms with E-state index in [0.717, 1.165) is 19.2 Å². The summed E-state index contributed by atoms with van der Waals surface area (Å²) in [6.07, 6.45) is 0. The molecule has 0 saturated carbocycles. The van der Waals surface area contributed by atoms with E-state index in [4.69, 9.17) is 5.11 Å². The standard InChI is InChI=1S/C10H10ClF10NO2/c1-5(2,3-23)22-4(24)6(12,13)7(14,15)8(16,17)9(18,19)10(11,20)21/h23H,3H2,1-2H3,(H,22,24). The Kier molecular flexibility index (Phi) is 5.83. The third-order valence-corrected chi connectivity index (χ3v) is 2.91. The van der Waals surface area contributed by atoms with Gasteiger partial charge in [-0.3, -0.25) is 4.79 Å². The zero-order valence-electron chi connectivity index (χ0n) is 11.7. The predicted octanol–water partition coefficient (Wildman–Crippen LogP) is 3.25. The van der Waals surface area contributed by atoms with Crippen molar-refractivity contribution in [1.82, 2.24) is 5.32 Å². The molecule has 0 saturated heterocycles. The van der Waals surface area contributed by atoms with Gasteiger partial charge in [0.05, 0.1) is 12.1 Å². The van der Waals surface area contributed by atoms with Crippen molar-refractivity contribution in [3.8, 4) is 0 Å². The normalized spacial score (nSPS) is 15.4. The molecule has 0 fully saturated rings. The van der Waals surface area contributed by atoms with E-state index in [1.807, 2.05) is 0 Å². The minimum Gasteiger partial charge on any atom is -0.394 e. The van der Waals surface area contributed by atoms with Gasteiger partial charge in [0.25, 0.3) is 5.91 Å². The molecule has 24 heavy (non-hydrogen) atoms. The van der Waals surface area contributed by atoms with E-state index in [0.29, 0.717) is 0 Å². The smallest absolute Gasteiger partial charge is 0.393 e. The number of rotatable bonds is 7. The summed E-state index contributed by atoms with van der Waals surface area (Å²) in [6, 6.07) is 0. The van der Waals surface area contributed by atoms with Crippen LogP contribution in [0.25, 0.3) is 0 Å². The third kappa shape index (κ3) is 3.51. The van der Waals surface area contributed by atoms with Gasteiger partial charge in [-0.15, -0.1) is 0 Å². The Morgan fingerprint density at radius 3 is 1.54 bits per heavy atom. The molecule has 3 nitrogen and oxygen atoms in total. The average Bonchev–Trinajstić information content (AvgIpc) is 2.36. The molecule has 14 heteroatoms. The zero-order chi connectivity index (χ0) is 20.0. The number of aliphatic hydroxyl groups excluding tert-OH is 1. The fraction of sp³-hybridized carbons (Fsp3) is 0.900. The Bertz CT molecular complexity index is 489. The summed E-state index contributed by atoms with van der Waals surface area (Å²) < 4.78 is 129. The van der Waals surface area contributed by atoms with Crippen LogP contribution in [0.4, 0.5) is 43.9 Å². The molecule has 0 spiro atoms. The topological polar surface area (TPSA) is 49.3 Å². The number of amides is 1. The van der Waals surface area contributed by atoms with Crippen molar-refractivity contribution in [3.63, 3.8) is 0 Å². The Morgan fingerprint density at radius 1 is 0.875 bits per heavy atom. The summed E-state index contributed by atoms with van der Waals surface area (Å²) in [5.74, 6) is -31.5. The Hall–Kier alpha value is -0.980. The van der Waals surface area contributed by atoms with Crippen molar-refractivity contribution in [1.29, 1.82) is 0 Å². The van der Waals surface area contributed by atoms with E-state index < -0.39 is 47.1 Å². The van der Waals surface area contributed by atoms with E-state index in [1.54, 1.807) is 0 Å². The highest BCUT2D eigenvalue weighted by molar-refractivity contribution is 6.22. The molecule has 0 aromatic heterocycles. The van der Waals surface area contributed by atoms with Crippen molar-refractivity contribution in [2.75, 3.05) is 6.61 Å². The number of alkyl halides is 11. The van der Waals surface area contributed by atoms with Crippen LogP contribution in [0.15, 0.2) is 0 Å². The van der Waals surface area contributed by atoms with Crippen LogP contribution in [-0.4, -0.2) is 52.2 Å². The zero-order valence-corrected chi connectivity index (χ0v) is 12.5. The van der Waals surface area contributed by atoms with Crippen molar-refractivity contribution < 1.29 is 53.8 Å². The van der Waals surface area contributed by atoms with Gasteiger partial charge in [-0.25, -0.2) is 0 Å². The van der Waals surface area contributed by atoms with Crippen LogP contribution in [0.2, 0.25) is 0 Å². The maximum Gasteiger partial charge on any atom is 0.393 e. The van der Waals surface area contributed by atoms with E-state index >= 15 is 0 Å². The van der Waals surface area contributed by atoms with Crippen LogP contribution in [0.1, 0.15) is 13.8 Å². The van der Waals surface area contributed by atoms with Crippen LogP contribution < -0.4 is 5.32 Å². The lowest BCUT2D eigenvalue weighted by atomic mass is 9.97. The van der Waals surface area contributed by atoms with E-state index in [-0.39, 0.29) is 0 Å². The highest BCUT2D eigenvalue weighted by atomic mass is 35.5. The Labute approximate surface area is 132 Å². The summed E-state index contributed by atoms with van der Waals surface area (Å²) >= 11 is 3.60. The maximum atomic E-state index is 13.3. The van der Waals surface area contributed by atoms with Crippen molar-refractivity contribution in [2.45, 2.75) is 48.5 Å². The molecule has 0 rings (SSSR count). The molecule has 0 aliphatic rings. The molecule has 0 unspecified atom stereocenters. The number of halogens is 11. The van der Waals surface area contributed by atoms with Crippen LogP contribution in [0.3, 0.4) is 0 Å². The molecule has 0 aromatic rings. The van der Waals surface area contributed by atoms with Crippen LogP contribution >= 0.6 is 11.6 Å².